The number of aryl methyl sites for hydroxylation is 1. The molecule has 1 fully saturated rings. The highest BCUT2D eigenvalue weighted by Gasteiger charge is 2.21. The molecule has 3 aromatic rings. The average molecular weight is 527 g/mol. The van der Waals surface area contributed by atoms with Crippen molar-refractivity contribution in [2.24, 2.45) is 5.73 Å². The Bertz CT molecular complexity index is 1220. The molecule has 3 heterocycles. The summed E-state index contributed by atoms with van der Waals surface area (Å²) in [4.78, 5) is 24.3. The van der Waals surface area contributed by atoms with E-state index in [2.05, 4.69) is 28.0 Å². The molecule has 0 aliphatic carbocycles. The Morgan fingerprint density at radius 1 is 1.05 bits per heavy atom. The van der Waals surface area contributed by atoms with Gasteiger partial charge < -0.3 is 26.0 Å². The molecule has 11 heteroatoms. The second kappa shape index (κ2) is 14.0. The summed E-state index contributed by atoms with van der Waals surface area (Å²) in [7, 11) is 1.50. The first kappa shape index (κ1) is 28.5. The predicted octanol–water partition coefficient (Wildman–Crippen LogP) is 3.29. The summed E-state index contributed by atoms with van der Waals surface area (Å²) >= 11 is 0. The van der Waals surface area contributed by atoms with Crippen LogP contribution in [0.5, 0.6) is 11.5 Å². The molecule has 2 aromatic carbocycles. The van der Waals surface area contributed by atoms with E-state index in [1.807, 2.05) is 0 Å². The summed E-state index contributed by atoms with van der Waals surface area (Å²) in [5, 5.41) is 10.9. The Balaban J connectivity index is 0.000000280. The minimum Gasteiger partial charge on any atom is -0.457 e. The van der Waals surface area contributed by atoms with Gasteiger partial charge in [-0.25, -0.2) is 13.5 Å². The van der Waals surface area contributed by atoms with E-state index in [-0.39, 0.29) is 11.7 Å². The number of fused-ring (bicyclic) bond motifs is 1. The smallest absolute Gasteiger partial charge is 0.246 e. The van der Waals surface area contributed by atoms with Gasteiger partial charge in [0.1, 0.15) is 28.8 Å². The number of halogens is 2. The number of ether oxygens (including phenoxy) is 1. The van der Waals surface area contributed by atoms with Gasteiger partial charge in [-0.15, -0.1) is 0 Å². The third-order valence-electron chi connectivity index (χ3n) is 5.75. The lowest BCUT2D eigenvalue weighted by atomic mass is 10.1. The highest BCUT2D eigenvalue weighted by atomic mass is 19.1. The lowest BCUT2D eigenvalue weighted by molar-refractivity contribution is -0.126. The zero-order chi connectivity index (χ0) is 27.5. The lowest BCUT2D eigenvalue weighted by Gasteiger charge is -2.25. The third kappa shape index (κ3) is 7.24. The van der Waals surface area contributed by atoms with Crippen LogP contribution in [0.4, 0.5) is 14.5 Å². The maximum absolute atomic E-state index is 13.2. The van der Waals surface area contributed by atoms with Gasteiger partial charge >= 0.3 is 0 Å². The second-order valence-corrected chi connectivity index (χ2v) is 8.25. The number of hydrogen-bond donors (Lipinski definition) is 3. The van der Waals surface area contributed by atoms with Crippen LogP contribution in [0.3, 0.4) is 0 Å². The maximum atomic E-state index is 13.2. The molecule has 5 rings (SSSR count). The normalized spacial score (nSPS) is 13.9. The fourth-order valence-electron chi connectivity index (χ4n) is 4.01. The van der Waals surface area contributed by atoms with Crippen LogP contribution in [0.1, 0.15) is 22.6 Å². The molecule has 0 atom stereocenters. The minimum atomic E-state index is -0.707. The second-order valence-electron chi connectivity index (χ2n) is 8.25. The molecule has 1 amide bonds. The topological polar surface area (TPSA) is 115 Å². The van der Waals surface area contributed by atoms with Crippen molar-refractivity contribution in [3.8, 4) is 17.2 Å². The number of aromatic nitrogens is 2. The first-order valence-corrected chi connectivity index (χ1v) is 12.2. The molecule has 202 valence electrons. The summed E-state index contributed by atoms with van der Waals surface area (Å²) in [6.45, 7) is 7.67. The monoisotopic (exact) mass is 526 g/mol. The molecule has 4 N–H and O–H groups in total. The summed E-state index contributed by atoms with van der Waals surface area (Å²) in [5.74, 6) is -0.880. The van der Waals surface area contributed by atoms with E-state index in [4.69, 9.17) is 4.74 Å². The number of carbonyl (C=O) groups is 2. The number of aldehydes is 1. The molecule has 2 aliphatic heterocycles. The number of nitrogens with zero attached hydrogens (tertiary/aromatic N) is 3. The number of nitrogens with two attached hydrogens (primary N) is 1. The minimum absolute atomic E-state index is 0.0431. The van der Waals surface area contributed by atoms with Crippen molar-refractivity contribution in [1.82, 2.24) is 20.0 Å². The van der Waals surface area contributed by atoms with Gasteiger partial charge in [-0.1, -0.05) is 6.58 Å². The van der Waals surface area contributed by atoms with Crippen molar-refractivity contribution >= 4 is 17.9 Å². The number of benzene rings is 2. The van der Waals surface area contributed by atoms with Gasteiger partial charge in [-0.3, -0.25) is 9.59 Å². The van der Waals surface area contributed by atoms with Crippen LogP contribution in [0.2, 0.25) is 0 Å². The van der Waals surface area contributed by atoms with Crippen molar-refractivity contribution < 1.29 is 23.1 Å². The average Bonchev–Trinajstić information content (AvgIpc) is 3.33. The summed E-state index contributed by atoms with van der Waals surface area (Å²) in [6, 6.07) is 9.77. The Labute approximate surface area is 220 Å². The van der Waals surface area contributed by atoms with Crippen molar-refractivity contribution in [2.45, 2.75) is 12.8 Å². The lowest BCUT2D eigenvalue weighted by Crippen LogP contribution is -2.45. The molecular formula is C27H32F2N6O3. The van der Waals surface area contributed by atoms with E-state index < -0.39 is 11.6 Å². The maximum Gasteiger partial charge on any atom is 0.246 e. The first-order valence-electron chi connectivity index (χ1n) is 12.2. The Morgan fingerprint density at radius 2 is 1.71 bits per heavy atom. The van der Waals surface area contributed by atoms with E-state index in [1.54, 1.807) is 33.8 Å². The van der Waals surface area contributed by atoms with Gasteiger partial charge in [0.2, 0.25) is 5.91 Å². The van der Waals surface area contributed by atoms with Crippen LogP contribution in [-0.4, -0.2) is 66.6 Å². The number of hydrogen-bond acceptors (Lipinski definition) is 7. The fourth-order valence-corrected chi connectivity index (χ4v) is 4.01. The highest BCUT2D eigenvalue weighted by molar-refractivity contribution is 5.87. The van der Waals surface area contributed by atoms with E-state index in [9.17, 15) is 18.4 Å². The van der Waals surface area contributed by atoms with Crippen molar-refractivity contribution in [3.05, 3.63) is 78.1 Å². The molecule has 2 aliphatic rings. The van der Waals surface area contributed by atoms with Crippen LogP contribution in [0, 0.1) is 11.6 Å². The van der Waals surface area contributed by atoms with Gasteiger partial charge in [-0.05, 0) is 50.2 Å². The van der Waals surface area contributed by atoms with Crippen molar-refractivity contribution in [1.29, 1.82) is 0 Å². The summed E-state index contributed by atoms with van der Waals surface area (Å²) in [6.07, 6.45) is 3.94. The first-order chi connectivity index (χ1) is 18.5. The van der Waals surface area contributed by atoms with Crippen LogP contribution in [0.15, 0.2) is 55.1 Å². The molecule has 0 radical (unpaired) electrons. The third-order valence-corrected chi connectivity index (χ3v) is 5.75. The van der Waals surface area contributed by atoms with E-state index in [0.717, 1.165) is 81.4 Å². The Hall–Kier alpha value is -4.09. The van der Waals surface area contributed by atoms with Gasteiger partial charge in [0.25, 0.3) is 0 Å². The molecule has 9 nitrogen and oxygen atoms in total. The predicted molar refractivity (Wildman–Crippen MR) is 142 cm³/mol. The molecule has 0 saturated carbocycles. The van der Waals surface area contributed by atoms with Crippen LogP contribution >= 0.6 is 0 Å². The number of amides is 1. The molecule has 0 unspecified atom stereocenters. The van der Waals surface area contributed by atoms with E-state index in [1.165, 1.54) is 13.1 Å². The standard InChI is InChI=1S/C19H15F2N3O2.C7H12N2O.CH5N/c20-12-8-13(21)10-16(9-12)26-15-5-3-14(4-6-15)24-18(11-25)19-17(23-24)2-1-7-22-19;1-2-7(10)9-5-3-8-4-6-9;1-2/h3-6,8-11,22H,1-2,7H2;2,8H,1,3-6H2;2H2,1H3. The Morgan fingerprint density at radius 3 is 2.32 bits per heavy atom. The largest absolute Gasteiger partial charge is 0.457 e. The number of piperazine rings is 1. The molecular weight excluding hydrogens is 494 g/mol. The van der Waals surface area contributed by atoms with Crippen LogP contribution in [0.25, 0.3) is 5.69 Å². The van der Waals surface area contributed by atoms with Gasteiger partial charge in [0.05, 0.1) is 17.1 Å². The number of anilines is 1. The molecule has 1 saturated heterocycles. The van der Waals surface area contributed by atoms with E-state index in [0.29, 0.717) is 17.1 Å². The van der Waals surface area contributed by atoms with Gasteiger partial charge in [0.15, 0.2) is 6.29 Å². The fraction of sp³-hybridized carbons (Fsp3) is 0.296. The highest BCUT2D eigenvalue weighted by Crippen LogP contribution is 2.28. The van der Waals surface area contributed by atoms with Crippen molar-refractivity contribution in [3.63, 3.8) is 0 Å². The van der Waals surface area contributed by atoms with Crippen LogP contribution in [-0.2, 0) is 11.2 Å². The molecule has 38 heavy (non-hydrogen) atoms. The zero-order valence-electron chi connectivity index (χ0n) is 21.3. The summed E-state index contributed by atoms with van der Waals surface area (Å²) < 4.78 is 33.5. The molecule has 1 aromatic heterocycles. The van der Waals surface area contributed by atoms with Crippen LogP contribution < -0.4 is 21.1 Å². The number of nitrogens with one attached hydrogen (secondary N) is 2. The Kier molecular flexibility index (Phi) is 10.5. The van der Waals surface area contributed by atoms with Crippen molar-refractivity contribution in [2.75, 3.05) is 45.1 Å². The molecule has 0 spiro atoms. The number of carbonyl (C=O) groups excluding carboxylic acids is 2. The number of rotatable bonds is 5. The summed E-state index contributed by atoms with van der Waals surface area (Å²) in [5.41, 5.74) is 7.32. The van der Waals surface area contributed by atoms with E-state index >= 15 is 0 Å². The quantitative estimate of drug-likeness (QED) is 0.345. The SMILES string of the molecule is C=CC(=O)N1CCNCC1.CN.O=Cc1c2c(nn1-c1ccc(Oc3cc(F)cc(F)c3)cc1)CCCN2. The van der Waals surface area contributed by atoms with Gasteiger partial charge in [0, 0.05) is 50.9 Å². The zero-order valence-corrected chi connectivity index (χ0v) is 21.3. The molecule has 0 bridgehead atoms. The van der Waals surface area contributed by atoms with Gasteiger partial charge in [-0.2, -0.15) is 5.10 Å².